The molecule has 4 heteroatoms. The van der Waals surface area contributed by atoms with Crippen molar-refractivity contribution in [2.45, 2.75) is 25.8 Å². The molecule has 0 aromatic heterocycles. The lowest BCUT2D eigenvalue weighted by Crippen LogP contribution is -2.37. The van der Waals surface area contributed by atoms with Crippen molar-refractivity contribution < 1.29 is 4.79 Å². The van der Waals surface area contributed by atoms with Crippen molar-refractivity contribution in [3.8, 4) is 0 Å². The molecule has 1 amide bonds. The third kappa shape index (κ3) is 3.50. The second kappa shape index (κ2) is 6.30. The van der Waals surface area contributed by atoms with Crippen molar-refractivity contribution in [3.63, 3.8) is 0 Å². The molecule has 0 bridgehead atoms. The van der Waals surface area contributed by atoms with Crippen LogP contribution in [0.5, 0.6) is 0 Å². The molecule has 0 saturated carbocycles. The van der Waals surface area contributed by atoms with Crippen molar-refractivity contribution in [2.75, 3.05) is 25.1 Å². The lowest BCUT2D eigenvalue weighted by atomic mass is 10.0. The minimum atomic E-state index is 0.185. The van der Waals surface area contributed by atoms with Crippen LogP contribution in [0.2, 0.25) is 0 Å². The first-order chi connectivity index (χ1) is 6.75. The number of rotatable bonds is 5. The fraction of sp³-hybridized carbons (Fsp3) is 0.900. The van der Waals surface area contributed by atoms with Crippen molar-refractivity contribution in [1.29, 1.82) is 0 Å². The zero-order valence-electron chi connectivity index (χ0n) is 9.01. The Hall–Kier alpha value is -0.220. The number of nitrogens with one attached hydrogen (secondary N) is 2. The molecule has 0 aromatic rings. The average Bonchev–Trinajstić information content (AvgIpc) is 2.59. The molecule has 1 saturated heterocycles. The summed E-state index contributed by atoms with van der Waals surface area (Å²) in [4.78, 5) is 11.7. The third-order valence-electron chi connectivity index (χ3n) is 2.69. The molecular formula is C10H20N2OS. The fourth-order valence-electron chi connectivity index (χ4n) is 1.78. The van der Waals surface area contributed by atoms with Gasteiger partial charge in [0.15, 0.2) is 0 Å². The fourth-order valence-corrected chi connectivity index (χ4v) is 2.21. The molecule has 82 valence electrons. The van der Waals surface area contributed by atoms with Crippen molar-refractivity contribution in [1.82, 2.24) is 10.6 Å². The summed E-state index contributed by atoms with van der Waals surface area (Å²) in [6.07, 6.45) is 4.14. The van der Waals surface area contributed by atoms with Crippen molar-refractivity contribution in [3.05, 3.63) is 0 Å². The molecule has 0 radical (unpaired) electrons. The molecule has 2 atom stereocenters. The van der Waals surface area contributed by atoms with Crippen LogP contribution in [0.4, 0.5) is 0 Å². The Morgan fingerprint density at radius 1 is 1.64 bits per heavy atom. The van der Waals surface area contributed by atoms with E-state index in [2.05, 4.69) is 23.8 Å². The van der Waals surface area contributed by atoms with Crippen LogP contribution in [-0.4, -0.2) is 37.0 Å². The molecule has 0 aliphatic carbocycles. The van der Waals surface area contributed by atoms with E-state index in [9.17, 15) is 4.79 Å². The molecular weight excluding hydrogens is 196 g/mol. The van der Waals surface area contributed by atoms with E-state index >= 15 is 0 Å². The highest BCUT2D eigenvalue weighted by atomic mass is 32.2. The quantitative estimate of drug-likeness (QED) is 0.670. The standard InChI is InChI=1S/C10H20N2OS/c1-8-9(4-6-11-8)10(13)12-5-3-7-14-2/h8-9,11H,3-7H2,1-2H3,(H,12,13). The van der Waals surface area contributed by atoms with Crippen LogP contribution >= 0.6 is 11.8 Å². The first-order valence-corrected chi connectivity index (χ1v) is 6.65. The Bertz CT molecular complexity index is 187. The van der Waals surface area contributed by atoms with E-state index in [4.69, 9.17) is 0 Å². The smallest absolute Gasteiger partial charge is 0.224 e. The molecule has 1 aliphatic rings. The van der Waals surface area contributed by atoms with Crippen LogP contribution in [0.25, 0.3) is 0 Å². The maximum Gasteiger partial charge on any atom is 0.224 e. The number of amides is 1. The Labute approximate surface area is 90.4 Å². The van der Waals surface area contributed by atoms with Crippen LogP contribution < -0.4 is 10.6 Å². The second-order valence-corrected chi connectivity index (χ2v) is 4.76. The summed E-state index contributed by atoms with van der Waals surface area (Å²) in [6, 6.07) is 0.343. The number of carbonyl (C=O) groups is 1. The van der Waals surface area contributed by atoms with Crippen LogP contribution in [0.3, 0.4) is 0 Å². The number of thioether (sulfide) groups is 1. The van der Waals surface area contributed by atoms with Gasteiger partial charge in [0.1, 0.15) is 0 Å². The molecule has 2 unspecified atom stereocenters. The van der Waals surface area contributed by atoms with E-state index in [0.717, 1.165) is 31.7 Å². The lowest BCUT2D eigenvalue weighted by Gasteiger charge is -2.14. The van der Waals surface area contributed by atoms with Crippen LogP contribution in [0.15, 0.2) is 0 Å². The maximum absolute atomic E-state index is 11.7. The van der Waals surface area contributed by atoms with Gasteiger partial charge < -0.3 is 10.6 Å². The highest BCUT2D eigenvalue weighted by molar-refractivity contribution is 7.98. The van der Waals surface area contributed by atoms with E-state index in [1.165, 1.54) is 0 Å². The summed E-state index contributed by atoms with van der Waals surface area (Å²) in [5.74, 6) is 1.53. The van der Waals surface area contributed by atoms with Crippen LogP contribution in [0, 0.1) is 5.92 Å². The zero-order valence-corrected chi connectivity index (χ0v) is 9.82. The molecule has 1 heterocycles. The van der Waals surface area contributed by atoms with Gasteiger partial charge in [-0.1, -0.05) is 0 Å². The van der Waals surface area contributed by atoms with Gasteiger partial charge in [-0.05, 0) is 38.3 Å². The van der Waals surface area contributed by atoms with Gasteiger partial charge in [0.25, 0.3) is 0 Å². The van der Waals surface area contributed by atoms with Gasteiger partial charge in [-0.2, -0.15) is 11.8 Å². The minimum absolute atomic E-state index is 0.185. The lowest BCUT2D eigenvalue weighted by molar-refractivity contribution is -0.125. The Kier molecular flexibility index (Phi) is 5.33. The van der Waals surface area contributed by atoms with Gasteiger partial charge >= 0.3 is 0 Å². The van der Waals surface area contributed by atoms with Gasteiger partial charge in [0.2, 0.25) is 5.91 Å². The average molecular weight is 216 g/mol. The number of hydrogen-bond acceptors (Lipinski definition) is 3. The van der Waals surface area contributed by atoms with E-state index in [1.807, 2.05) is 11.8 Å². The first kappa shape index (κ1) is 11.9. The Morgan fingerprint density at radius 2 is 2.43 bits per heavy atom. The molecule has 1 rings (SSSR count). The summed E-state index contributed by atoms with van der Waals surface area (Å²) in [6.45, 7) is 3.88. The second-order valence-electron chi connectivity index (χ2n) is 3.78. The van der Waals surface area contributed by atoms with E-state index < -0.39 is 0 Å². The highest BCUT2D eigenvalue weighted by Crippen LogP contribution is 2.14. The van der Waals surface area contributed by atoms with Gasteiger partial charge in [0, 0.05) is 12.6 Å². The van der Waals surface area contributed by atoms with Gasteiger partial charge in [-0.25, -0.2) is 0 Å². The molecule has 0 spiro atoms. The molecule has 2 N–H and O–H groups in total. The van der Waals surface area contributed by atoms with E-state index in [0.29, 0.717) is 6.04 Å². The van der Waals surface area contributed by atoms with Gasteiger partial charge in [-0.15, -0.1) is 0 Å². The predicted octanol–water partition coefficient (Wildman–Crippen LogP) is 0.854. The van der Waals surface area contributed by atoms with Gasteiger partial charge in [-0.3, -0.25) is 4.79 Å². The monoisotopic (exact) mass is 216 g/mol. The summed E-state index contributed by atoms with van der Waals surface area (Å²) < 4.78 is 0. The van der Waals surface area contributed by atoms with Crippen LogP contribution in [0.1, 0.15) is 19.8 Å². The molecule has 0 aromatic carbocycles. The van der Waals surface area contributed by atoms with Crippen molar-refractivity contribution in [2.24, 2.45) is 5.92 Å². The molecule has 3 nitrogen and oxygen atoms in total. The van der Waals surface area contributed by atoms with Gasteiger partial charge in [0.05, 0.1) is 5.92 Å². The topological polar surface area (TPSA) is 41.1 Å². The maximum atomic E-state index is 11.7. The van der Waals surface area contributed by atoms with E-state index in [1.54, 1.807) is 0 Å². The number of hydrogen-bond donors (Lipinski definition) is 2. The third-order valence-corrected chi connectivity index (χ3v) is 3.38. The normalized spacial score (nSPS) is 26.4. The summed E-state index contributed by atoms with van der Waals surface area (Å²) >= 11 is 1.82. The van der Waals surface area contributed by atoms with E-state index in [-0.39, 0.29) is 11.8 Å². The molecule has 1 fully saturated rings. The summed E-state index contributed by atoms with van der Waals surface area (Å²) in [7, 11) is 0. The van der Waals surface area contributed by atoms with Crippen molar-refractivity contribution >= 4 is 17.7 Å². The largest absolute Gasteiger partial charge is 0.356 e. The number of carbonyl (C=O) groups excluding carboxylic acids is 1. The zero-order chi connectivity index (χ0) is 10.4. The summed E-state index contributed by atoms with van der Waals surface area (Å²) in [5, 5.41) is 6.28. The summed E-state index contributed by atoms with van der Waals surface area (Å²) in [5.41, 5.74) is 0. The Morgan fingerprint density at radius 3 is 3.00 bits per heavy atom. The Balaban J connectivity index is 2.14. The first-order valence-electron chi connectivity index (χ1n) is 5.25. The van der Waals surface area contributed by atoms with Crippen LogP contribution in [-0.2, 0) is 4.79 Å². The molecule has 1 aliphatic heterocycles. The minimum Gasteiger partial charge on any atom is -0.356 e. The highest BCUT2D eigenvalue weighted by Gasteiger charge is 2.28. The SMILES string of the molecule is CSCCCNC(=O)C1CCNC1C. The predicted molar refractivity (Wildman–Crippen MR) is 61.6 cm³/mol. The molecule has 14 heavy (non-hydrogen) atoms.